The van der Waals surface area contributed by atoms with E-state index < -0.39 is 47.2 Å². The van der Waals surface area contributed by atoms with Crippen molar-refractivity contribution in [2.75, 3.05) is 30.6 Å². The third-order valence-corrected chi connectivity index (χ3v) is 6.77. The second-order valence-corrected chi connectivity index (χ2v) is 11.2. The number of amides is 4. The summed E-state index contributed by atoms with van der Waals surface area (Å²) in [4.78, 5) is 53.6. The van der Waals surface area contributed by atoms with Gasteiger partial charge in [0.2, 0.25) is 17.2 Å². The number of ether oxygens (including phenoxy) is 2. The monoisotopic (exact) mass is 588 g/mol. The maximum atomic E-state index is 13.5. The molecule has 1 atom stereocenters. The fraction of sp³-hybridized carbons (Fsp3) is 0.429. The zero-order valence-corrected chi connectivity index (χ0v) is 24.6. The first-order valence-electron chi connectivity index (χ1n) is 13.1. The van der Waals surface area contributed by atoms with Gasteiger partial charge in [0, 0.05) is 42.9 Å². The Bertz CT molecular complexity index is 1320. The highest BCUT2D eigenvalue weighted by atomic mass is 32.2. The molecular formula is C28H36N4O8S. The molecule has 12 nitrogen and oxygen atoms in total. The number of hydrogen-bond donors (Lipinski definition) is 3. The van der Waals surface area contributed by atoms with Crippen molar-refractivity contribution >= 4 is 46.5 Å². The Labute approximate surface area is 241 Å². The van der Waals surface area contributed by atoms with E-state index in [1.54, 1.807) is 30.3 Å². The van der Waals surface area contributed by atoms with Gasteiger partial charge in [-0.25, -0.2) is 18.6 Å². The summed E-state index contributed by atoms with van der Waals surface area (Å²) in [5.41, 5.74) is 1.98. The van der Waals surface area contributed by atoms with Gasteiger partial charge in [-0.2, -0.15) is 0 Å². The molecule has 3 rings (SSSR count). The minimum Gasteiger partial charge on any atom is -0.496 e. The Morgan fingerprint density at radius 2 is 1.80 bits per heavy atom. The molecule has 0 radical (unpaired) electrons. The first kappa shape index (κ1) is 31.7. The number of carbonyl (C=O) groups is 4. The lowest BCUT2D eigenvalue weighted by atomic mass is 9.84. The molecule has 1 unspecified atom stereocenters. The van der Waals surface area contributed by atoms with Crippen molar-refractivity contribution in [1.82, 2.24) is 9.62 Å². The molecule has 13 heteroatoms. The molecule has 2 aromatic rings. The second-order valence-electron chi connectivity index (χ2n) is 10.4. The van der Waals surface area contributed by atoms with Crippen LogP contribution in [0, 0.1) is 0 Å². The maximum absolute atomic E-state index is 13.5. The molecule has 41 heavy (non-hydrogen) atoms. The van der Waals surface area contributed by atoms with Crippen molar-refractivity contribution in [3.05, 3.63) is 53.1 Å². The van der Waals surface area contributed by atoms with Gasteiger partial charge in [-0.15, -0.1) is 0 Å². The van der Waals surface area contributed by atoms with E-state index in [0.29, 0.717) is 29.1 Å². The third-order valence-electron chi connectivity index (χ3n) is 6.37. The van der Waals surface area contributed by atoms with Gasteiger partial charge >= 0.3 is 12.0 Å². The fourth-order valence-electron chi connectivity index (χ4n) is 4.23. The van der Waals surface area contributed by atoms with Gasteiger partial charge in [0.15, 0.2) is 6.73 Å². The molecule has 2 aromatic carbocycles. The van der Waals surface area contributed by atoms with E-state index in [1.165, 1.54) is 18.1 Å². The van der Waals surface area contributed by atoms with Gasteiger partial charge in [-0.05, 0) is 41.7 Å². The second kappa shape index (κ2) is 13.7. The van der Waals surface area contributed by atoms with Crippen LogP contribution in [-0.4, -0.2) is 57.9 Å². The fourth-order valence-corrected chi connectivity index (χ4v) is 4.52. The van der Waals surface area contributed by atoms with Crippen LogP contribution < -0.4 is 19.7 Å². The summed E-state index contributed by atoms with van der Waals surface area (Å²) < 4.78 is 33.0. The Hall–Kier alpha value is -3.81. The van der Waals surface area contributed by atoms with E-state index in [2.05, 4.69) is 10.0 Å². The van der Waals surface area contributed by atoms with Crippen LogP contribution in [0.15, 0.2) is 36.4 Å². The van der Waals surface area contributed by atoms with Crippen molar-refractivity contribution in [1.29, 1.82) is 0 Å². The summed E-state index contributed by atoms with van der Waals surface area (Å²) in [6.07, 6.45) is 0.766. The quantitative estimate of drug-likeness (QED) is 0.264. The topological polar surface area (TPSA) is 155 Å². The van der Waals surface area contributed by atoms with Crippen LogP contribution in [0.5, 0.6) is 5.75 Å². The molecule has 1 fully saturated rings. The number of esters is 1. The number of urea groups is 1. The van der Waals surface area contributed by atoms with E-state index in [0.717, 1.165) is 10.5 Å². The minimum absolute atomic E-state index is 0.0144. The molecule has 0 bridgehead atoms. The normalized spacial score (nSPS) is 14.6. The van der Waals surface area contributed by atoms with Crippen molar-refractivity contribution in [3.63, 3.8) is 0 Å². The van der Waals surface area contributed by atoms with Crippen LogP contribution in [0.4, 0.5) is 16.2 Å². The molecular weight excluding hydrogens is 552 g/mol. The number of rotatable bonds is 11. The molecule has 0 aromatic heterocycles. The number of methoxy groups -OCH3 is 1. The SMILES string of the molecule is CCCC(=O)OCN1C(=O)CCN(c2cc(C(=O)Nc3ccc(CNS(=O)O)cc3)c(OC)c(C(C)(C)C)c2)C1=O. The van der Waals surface area contributed by atoms with Crippen LogP contribution in [0.2, 0.25) is 0 Å². The Balaban J connectivity index is 1.94. The van der Waals surface area contributed by atoms with Crippen LogP contribution in [0.3, 0.4) is 0 Å². The van der Waals surface area contributed by atoms with Gasteiger partial charge in [-0.3, -0.25) is 23.8 Å². The average Bonchev–Trinajstić information content (AvgIpc) is 2.91. The Morgan fingerprint density at radius 1 is 1.12 bits per heavy atom. The van der Waals surface area contributed by atoms with Crippen LogP contribution >= 0.6 is 0 Å². The number of nitrogens with one attached hydrogen (secondary N) is 2. The zero-order valence-electron chi connectivity index (χ0n) is 23.8. The molecule has 1 saturated heterocycles. The molecule has 0 spiro atoms. The molecule has 3 N–H and O–H groups in total. The van der Waals surface area contributed by atoms with E-state index in [4.69, 9.17) is 14.0 Å². The Kier molecular flexibility index (Phi) is 10.6. The molecule has 1 aliphatic rings. The first-order valence-corrected chi connectivity index (χ1v) is 14.2. The predicted molar refractivity (Wildman–Crippen MR) is 154 cm³/mol. The molecule has 0 aliphatic carbocycles. The van der Waals surface area contributed by atoms with Gasteiger partial charge in [0.25, 0.3) is 5.91 Å². The van der Waals surface area contributed by atoms with E-state index in [-0.39, 0.29) is 31.5 Å². The van der Waals surface area contributed by atoms with Crippen molar-refractivity contribution < 1.29 is 37.4 Å². The summed E-state index contributed by atoms with van der Waals surface area (Å²) in [5.74, 6) is -1.10. The van der Waals surface area contributed by atoms with E-state index >= 15 is 0 Å². The van der Waals surface area contributed by atoms with Gasteiger partial charge in [-0.1, -0.05) is 39.8 Å². The predicted octanol–water partition coefficient (Wildman–Crippen LogP) is 3.93. The third kappa shape index (κ3) is 8.12. The average molecular weight is 589 g/mol. The molecule has 1 heterocycles. The highest BCUT2D eigenvalue weighted by molar-refractivity contribution is 7.77. The largest absolute Gasteiger partial charge is 0.496 e. The molecule has 0 saturated carbocycles. The number of imide groups is 1. The number of anilines is 2. The molecule has 222 valence electrons. The Morgan fingerprint density at radius 3 is 2.39 bits per heavy atom. The highest BCUT2D eigenvalue weighted by Crippen LogP contribution is 2.39. The zero-order chi connectivity index (χ0) is 30.3. The standard InChI is InChI=1S/C28H36N4O8S/c1-6-7-24(34)40-17-32-23(33)12-13-31(27(32)36)20-14-21(25(39-5)22(15-20)28(2,3)4)26(35)30-19-10-8-18(9-11-19)16-29-41(37)38/h8-11,14-15,29H,6-7,12-13,16-17H2,1-5H3,(H,30,35)(H,37,38). The van der Waals surface area contributed by atoms with Gasteiger partial charge in [0.1, 0.15) is 5.75 Å². The van der Waals surface area contributed by atoms with Crippen molar-refractivity contribution in [2.45, 2.75) is 58.9 Å². The number of nitrogens with zero attached hydrogens (tertiary/aromatic N) is 2. The summed E-state index contributed by atoms with van der Waals surface area (Å²) in [7, 11) is 1.46. The number of carbonyl (C=O) groups excluding carboxylic acids is 4. The number of hydrogen-bond acceptors (Lipinski definition) is 7. The van der Waals surface area contributed by atoms with Crippen LogP contribution in [0.1, 0.15) is 68.4 Å². The summed E-state index contributed by atoms with van der Waals surface area (Å²) in [6.45, 7) is 7.44. The smallest absolute Gasteiger partial charge is 0.333 e. The lowest BCUT2D eigenvalue weighted by Crippen LogP contribution is -2.53. The summed E-state index contributed by atoms with van der Waals surface area (Å²) >= 11 is -2.14. The van der Waals surface area contributed by atoms with Gasteiger partial charge in [0.05, 0.1) is 12.7 Å². The van der Waals surface area contributed by atoms with Gasteiger partial charge < -0.3 is 14.8 Å². The van der Waals surface area contributed by atoms with E-state index in [9.17, 15) is 23.4 Å². The van der Waals surface area contributed by atoms with Crippen LogP contribution in [0.25, 0.3) is 0 Å². The molecule has 1 aliphatic heterocycles. The summed E-state index contributed by atoms with van der Waals surface area (Å²) in [5, 5.41) is 2.83. The highest BCUT2D eigenvalue weighted by Gasteiger charge is 2.35. The lowest BCUT2D eigenvalue weighted by molar-refractivity contribution is -0.150. The first-order chi connectivity index (χ1) is 19.3. The summed E-state index contributed by atoms with van der Waals surface area (Å²) in [6, 6.07) is 9.37. The maximum Gasteiger partial charge on any atom is 0.333 e. The van der Waals surface area contributed by atoms with Crippen molar-refractivity contribution in [2.24, 2.45) is 0 Å². The number of benzene rings is 2. The minimum atomic E-state index is -2.14. The molecule has 4 amide bonds. The lowest BCUT2D eigenvalue weighted by Gasteiger charge is -2.35. The van der Waals surface area contributed by atoms with Crippen LogP contribution in [-0.2, 0) is 37.6 Å². The van der Waals surface area contributed by atoms with E-state index in [1.807, 2.05) is 27.7 Å². The van der Waals surface area contributed by atoms with Crippen molar-refractivity contribution in [3.8, 4) is 5.75 Å².